The molecule has 0 amide bonds. The summed E-state index contributed by atoms with van der Waals surface area (Å²) in [6.45, 7) is 5.43. The van der Waals surface area contributed by atoms with Crippen LogP contribution in [-0.4, -0.2) is 41.1 Å². The van der Waals surface area contributed by atoms with E-state index in [2.05, 4.69) is 6.58 Å². The maximum Gasteiger partial charge on any atom is 0.338 e. The van der Waals surface area contributed by atoms with Crippen molar-refractivity contribution in [2.45, 2.75) is 13.0 Å². The van der Waals surface area contributed by atoms with Crippen molar-refractivity contribution in [3.05, 3.63) is 140 Å². The third-order valence-electron chi connectivity index (χ3n) is 7.42. The van der Waals surface area contributed by atoms with Gasteiger partial charge in [0, 0.05) is 17.3 Å². The van der Waals surface area contributed by atoms with Crippen molar-refractivity contribution in [2.24, 2.45) is 4.99 Å². The number of ether oxygens (including phenoxy) is 3. The number of rotatable bonds is 9. The van der Waals surface area contributed by atoms with Crippen LogP contribution in [0.25, 0.3) is 23.0 Å². The Morgan fingerprint density at radius 1 is 0.978 bits per heavy atom. The SMILES string of the molecule is C=CCOC(=O)C1=C(C)N=c2sc(=Cc3cn(-c4ccccc4)nc3-c3ccc(OC)cc3)c(=O)n2C1c1ccc(OC)cc1. The lowest BCUT2D eigenvalue weighted by Gasteiger charge is -2.24. The van der Waals surface area contributed by atoms with Gasteiger partial charge in [-0.25, -0.2) is 14.5 Å². The average molecular weight is 619 g/mol. The number of para-hydroxylation sites is 1. The Morgan fingerprint density at radius 2 is 1.64 bits per heavy atom. The van der Waals surface area contributed by atoms with Gasteiger partial charge in [-0.3, -0.25) is 9.36 Å². The minimum atomic E-state index is -0.750. The van der Waals surface area contributed by atoms with E-state index >= 15 is 0 Å². The van der Waals surface area contributed by atoms with Crippen LogP contribution in [0.4, 0.5) is 0 Å². The second kappa shape index (κ2) is 12.6. The second-order valence-electron chi connectivity index (χ2n) is 10.2. The van der Waals surface area contributed by atoms with E-state index in [4.69, 9.17) is 24.3 Å². The summed E-state index contributed by atoms with van der Waals surface area (Å²) in [6.07, 6.45) is 5.23. The number of hydrogen-bond donors (Lipinski definition) is 0. The van der Waals surface area contributed by atoms with E-state index < -0.39 is 12.0 Å². The molecule has 1 atom stereocenters. The fraction of sp³-hybridized carbons (Fsp3) is 0.143. The molecule has 6 rings (SSSR count). The largest absolute Gasteiger partial charge is 0.497 e. The molecule has 226 valence electrons. The maximum atomic E-state index is 14.2. The summed E-state index contributed by atoms with van der Waals surface area (Å²) in [4.78, 5) is 32.7. The number of fused-ring (bicyclic) bond motifs is 1. The lowest BCUT2D eigenvalue weighted by Crippen LogP contribution is -2.39. The fourth-order valence-corrected chi connectivity index (χ4v) is 6.25. The zero-order chi connectivity index (χ0) is 31.5. The summed E-state index contributed by atoms with van der Waals surface area (Å²) in [5.74, 6) is 0.828. The highest BCUT2D eigenvalue weighted by Crippen LogP contribution is 2.32. The Kier molecular flexibility index (Phi) is 8.30. The van der Waals surface area contributed by atoms with Crippen LogP contribution >= 0.6 is 11.3 Å². The fourth-order valence-electron chi connectivity index (χ4n) is 5.22. The molecular formula is C35H30N4O5S. The molecule has 0 radical (unpaired) electrons. The molecule has 0 spiro atoms. The van der Waals surface area contributed by atoms with Crippen molar-refractivity contribution >= 4 is 23.4 Å². The molecule has 0 N–H and O–H groups in total. The molecule has 1 unspecified atom stereocenters. The van der Waals surface area contributed by atoms with Crippen LogP contribution in [0.1, 0.15) is 24.1 Å². The zero-order valence-corrected chi connectivity index (χ0v) is 25.8. The Hall–Kier alpha value is -5.48. The third-order valence-corrected chi connectivity index (χ3v) is 8.40. The molecule has 3 heterocycles. The molecule has 2 aromatic heterocycles. The van der Waals surface area contributed by atoms with E-state index in [0.29, 0.717) is 26.5 Å². The van der Waals surface area contributed by atoms with Crippen molar-refractivity contribution in [1.29, 1.82) is 0 Å². The summed E-state index contributed by atoms with van der Waals surface area (Å²) in [6, 6.07) is 23.9. The summed E-state index contributed by atoms with van der Waals surface area (Å²) in [5, 5.41) is 4.90. The second-order valence-corrected chi connectivity index (χ2v) is 11.2. The highest BCUT2D eigenvalue weighted by molar-refractivity contribution is 7.07. The Labute approximate surface area is 263 Å². The quantitative estimate of drug-likeness (QED) is 0.173. The highest BCUT2D eigenvalue weighted by Gasteiger charge is 2.33. The van der Waals surface area contributed by atoms with Gasteiger partial charge in [-0.1, -0.05) is 54.3 Å². The number of carbonyl (C=O) groups is 1. The first kappa shape index (κ1) is 29.6. The van der Waals surface area contributed by atoms with Crippen LogP contribution in [-0.2, 0) is 9.53 Å². The van der Waals surface area contributed by atoms with Gasteiger partial charge in [0.25, 0.3) is 5.56 Å². The molecule has 0 aliphatic carbocycles. The van der Waals surface area contributed by atoms with Gasteiger partial charge in [-0.05, 0) is 67.1 Å². The summed E-state index contributed by atoms with van der Waals surface area (Å²) in [5.41, 5.74) is 4.40. The van der Waals surface area contributed by atoms with E-state index in [0.717, 1.165) is 28.1 Å². The van der Waals surface area contributed by atoms with E-state index in [1.165, 1.54) is 17.4 Å². The summed E-state index contributed by atoms with van der Waals surface area (Å²) in [7, 11) is 3.20. The van der Waals surface area contributed by atoms with Crippen molar-refractivity contribution < 1.29 is 19.0 Å². The van der Waals surface area contributed by atoms with Crippen molar-refractivity contribution in [3.63, 3.8) is 0 Å². The first-order chi connectivity index (χ1) is 21.9. The van der Waals surface area contributed by atoms with Gasteiger partial charge in [0.2, 0.25) is 0 Å². The van der Waals surface area contributed by atoms with E-state index in [9.17, 15) is 9.59 Å². The van der Waals surface area contributed by atoms with Crippen LogP contribution in [0.5, 0.6) is 11.5 Å². The Balaban J connectivity index is 1.53. The summed E-state index contributed by atoms with van der Waals surface area (Å²) < 4.78 is 19.9. The van der Waals surface area contributed by atoms with E-state index in [1.807, 2.05) is 79.0 Å². The topological polar surface area (TPSA) is 96.9 Å². The molecule has 45 heavy (non-hydrogen) atoms. The molecular weight excluding hydrogens is 588 g/mol. The normalized spacial score (nSPS) is 14.5. The molecule has 3 aromatic carbocycles. The number of carbonyl (C=O) groups excluding carboxylic acids is 1. The van der Waals surface area contributed by atoms with Gasteiger partial charge in [-0.15, -0.1) is 0 Å². The van der Waals surface area contributed by atoms with E-state index in [1.54, 1.807) is 42.5 Å². The minimum absolute atomic E-state index is 0.0366. The van der Waals surface area contributed by atoms with Gasteiger partial charge >= 0.3 is 5.97 Å². The van der Waals surface area contributed by atoms with Crippen LogP contribution in [0, 0.1) is 0 Å². The number of aromatic nitrogens is 3. The molecule has 0 fully saturated rings. The zero-order valence-electron chi connectivity index (χ0n) is 25.0. The average Bonchev–Trinajstić information content (AvgIpc) is 3.63. The first-order valence-corrected chi connectivity index (χ1v) is 15.0. The molecule has 0 bridgehead atoms. The van der Waals surface area contributed by atoms with Crippen LogP contribution in [0.2, 0.25) is 0 Å². The van der Waals surface area contributed by atoms with Crippen LogP contribution in [0.15, 0.2) is 119 Å². The standard InChI is InChI=1S/C35H30N4O5S/c1-5-19-44-34(41)30-22(2)36-35-39(32(30)24-13-17-28(43-4)18-14-24)33(40)29(45-35)20-25-21-38(26-9-7-6-8-10-26)37-31(25)23-11-15-27(42-3)16-12-23/h5-18,20-21,32H,1,19H2,2-4H3. The van der Waals surface area contributed by atoms with E-state index in [-0.39, 0.29) is 17.7 Å². The molecule has 9 nitrogen and oxygen atoms in total. The lowest BCUT2D eigenvalue weighted by atomic mass is 9.96. The van der Waals surface area contributed by atoms with Gasteiger partial charge in [-0.2, -0.15) is 5.10 Å². The molecule has 1 aliphatic heterocycles. The van der Waals surface area contributed by atoms with Gasteiger partial charge < -0.3 is 14.2 Å². The van der Waals surface area contributed by atoms with Gasteiger partial charge in [0.05, 0.1) is 41.8 Å². The number of methoxy groups -OCH3 is 2. The molecule has 5 aromatic rings. The predicted molar refractivity (Wildman–Crippen MR) is 173 cm³/mol. The van der Waals surface area contributed by atoms with Gasteiger partial charge in [0.15, 0.2) is 4.80 Å². The number of allylic oxidation sites excluding steroid dienone is 1. The predicted octanol–water partition coefficient (Wildman–Crippen LogP) is 4.83. The smallest absolute Gasteiger partial charge is 0.338 e. The highest BCUT2D eigenvalue weighted by atomic mass is 32.1. The number of thiazole rings is 1. The molecule has 1 aliphatic rings. The number of esters is 1. The minimum Gasteiger partial charge on any atom is -0.497 e. The molecule has 10 heteroatoms. The van der Waals surface area contributed by atoms with Crippen molar-refractivity contribution in [2.75, 3.05) is 20.8 Å². The summed E-state index contributed by atoms with van der Waals surface area (Å²) >= 11 is 1.26. The van der Waals surface area contributed by atoms with Gasteiger partial charge in [0.1, 0.15) is 23.8 Å². The first-order valence-electron chi connectivity index (χ1n) is 14.2. The Bertz CT molecular complexity index is 2090. The number of benzene rings is 3. The van der Waals surface area contributed by atoms with Crippen LogP contribution < -0.4 is 24.4 Å². The lowest BCUT2D eigenvalue weighted by molar-refractivity contribution is -0.138. The van der Waals surface area contributed by atoms with Crippen molar-refractivity contribution in [1.82, 2.24) is 14.3 Å². The Morgan fingerprint density at radius 3 is 2.29 bits per heavy atom. The van der Waals surface area contributed by atoms with Crippen LogP contribution in [0.3, 0.4) is 0 Å². The maximum absolute atomic E-state index is 14.2. The molecule has 0 saturated carbocycles. The number of nitrogens with zero attached hydrogens (tertiary/aromatic N) is 4. The molecule has 0 saturated heterocycles. The van der Waals surface area contributed by atoms with Crippen molar-refractivity contribution in [3.8, 4) is 28.4 Å². The number of hydrogen-bond acceptors (Lipinski definition) is 8. The monoisotopic (exact) mass is 618 g/mol. The third kappa shape index (κ3) is 5.75.